The average Bonchev–Trinajstić information content (AvgIpc) is 2.22. The Kier molecular flexibility index (Phi) is 10.4. The van der Waals surface area contributed by atoms with E-state index < -0.39 is 0 Å². The maximum atomic E-state index is 5.83. The first-order chi connectivity index (χ1) is 7.20. The highest BCUT2D eigenvalue weighted by molar-refractivity contribution is 4.62. The van der Waals surface area contributed by atoms with Crippen LogP contribution >= 0.6 is 0 Å². The molecule has 0 fully saturated rings. The quantitative estimate of drug-likeness (QED) is 0.564. The van der Waals surface area contributed by atoms with Crippen LogP contribution in [0.5, 0.6) is 0 Å². The van der Waals surface area contributed by atoms with Gasteiger partial charge in [-0.15, -0.1) is 0 Å². The summed E-state index contributed by atoms with van der Waals surface area (Å²) in [6.07, 6.45) is 6.66. The molecule has 0 rings (SSSR count). The standard InChI is InChI=1S/C13H29NO/c1-5-7-8-9-10-15-13(6-2)11-14-12(3)4/h12-14H,5-11H2,1-4H3. The van der Waals surface area contributed by atoms with Gasteiger partial charge >= 0.3 is 0 Å². The van der Waals surface area contributed by atoms with Gasteiger partial charge in [-0.1, -0.05) is 47.0 Å². The second kappa shape index (κ2) is 10.4. The molecule has 92 valence electrons. The van der Waals surface area contributed by atoms with Crippen LogP contribution in [0.4, 0.5) is 0 Å². The molecule has 0 amide bonds. The Bertz CT molecular complexity index is 126. The molecule has 1 unspecified atom stereocenters. The highest BCUT2D eigenvalue weighted by Gasteiger charge is 2.06. The molecule has 2 heteroatoms. The smallest absolute Gasteiger partial charge is 0.0696 e. The third-order valence-electron chi connectivity index (χ3n) is 2.56. The van der Waals surface area contributed by atoms with E-state index in [2.05, 4.69) is 33.0 Å². The van der Waals surface area contributed by atoms with Crippen molar-refractivity contribution < 1.29 is 4.74 Å². The lowest BCUT2D eigenvalue weighted by Gasteiger charge is -2.18. The molecule has 0 aliphatic heterocycles. The van der Waals surface area contributed by atoms with Crippen molar-refractivity contribution >= 4 is 0 Å². The van der Waals surface area contributed by atoms with Crippen LogP contribution in [0.25, 0.3) is 0 Å². The highest BCUT2D eigenvalue weighted by Crippen LogP contribution is 2.03. The highest BCUT2D eigenvalue weighted by atomic mass is 16.5. The van der Waals surface area contributed by atoms with E-state index in [1.807, 2.05) is 0 Å². The Morgan fingerprint density at radius 2 is 1.80 bits per heavy atom. The minimum Gasteiger partial charge on any atom is -0.377 e. The van der Waals surface area contributed by atoms with Crippen LogP contribution in [0.3, 0.4) is 0 Å². The molecule has 0 radical (unpaired) electrons. The van der Waals surface area contributed by atoms with E-state index in [1.165, 1.54) is 25.7 Å². The van der Waals surface area contributed by atoms with Crippen molar-refractivity contribution in [2.75, 3.05) is 13.2 Å². The predicted molar refractivity (Wildman–Crippen MR) is 67.3 cm³/mol. The summed E-state index contributed by atoms with van der Waals surface area (Å²) in [5, 5.41) is 3.42. The third-order valence-corrected chi connectivity index (χ3v) is 2.56. The van der Waals surface area contributed by atoms with E-state index in [-0.39, 0.29) is 0 Å². The largest absolute Gasteiger partial charge is 0.377 e. The molecule has 0 aromatic heterocycles. The first-order valence-electron chi connectivity index (χ1n) is 6.55. The molecule has 0 aliphatic rings. The molecule has 15 heavy (non-hydrogen) atoms. The lowest BCUT2D eigenvalue weighted by molar-refractivity contribution is 0.0470. The predicted octanol–water partition coefficient (Wildman–Crippen LogP) is 3.36. The van der Waals surface area contributed by atoms with E-state index in [9.17, 15) is 0 Å². The second-order valence-corrected chi connectivity index (χ2v) is 4.52. The maximum Gasteiger partial charge on any atom is 0.0696 e. The molecule has 0 saturated carbocycles. The lowest BCUT2D eigenvalue weighted by atomic mass is 10.2. The summed E-state index contributed by atoms with van der Waals surface area (Å²) in [7, 11) is 0. The van der Waals surface area contributed by atoms with Crippen molar-refractivity contribution in [2.45, 2.75) is 71.9 Å². The first kappa shape index (κ1) is 14.9. The van der Waals surface area contributed by atoms with Gasteiger partial charge in [-0.05, 0) is 12.8 Å². The zero-order chi connectivity index (χ0) is 11.5. The van der Waals surface area contributed by atoms with Crippen molar-refractivity contribution in [3.63, 3.8) is 0 Å². The van der Waals surface area contributed by atoms with Crippen LogP contribution in [0.2, 0.25) is 0 Å². The van der Waals surface area contributed by atoms with Gasteiger partial charge in [-0.25, -0.2) is 0 Å². The molecule has 1 atom stereocenters. The Hall–Kier alpha value is -0.0800. The summed E-state index contributed by atoms with van der Waals surface area (Å²) in [6, 6.07) is 0.558. The van der Waals surface area contributed by atoms with Crippen LogP contribution in [-0.2, 0) is 4.74 Å². The van der Waals surface area contributed by atoms with Crippen molar-refractivity contribution in [2.24, 2.45) is 0 Å². The molecule has 0 aliphatic carbocycles. The summed E-state index contributed by atoms with van der Waals surface area (Å²) >= 11 is 0. The summed E-state index contributed by atoms with van der Waals surface area (Å²) in [5.74, 6) is 0. The van der Waals surface area contributed by atoms with Crippen LogP contribution in [0, 0.1) is 0 Å². The monoisotopic (exact) mass is 215 g/mol. The number of rotatable bonds is 10. The van der Waals surface area contributed by atoms with E-state index in [4.69, 9.17) is 4.74 Å². The lowest BCUT2D eigenvalue weighted by Crippen LogP contribution is -2.33. The summed E-state index contributed by atoms with van der Waals surface area (Å²) in [4.78, 5) is 0. The van der Waals surface area contributed by atoms with Gasteiger partial charge in [0.1, 0.15) is 0 Å². The van der Waals surface area contributed by atoms with Gasteiger partial charge in [-0.3, -0.25) is 0 Å². The minimum absolute atomic E-state index is 0.397. The SMILES string of the molecule is CCCCCCOC(CC)CNC(C)C. The minimum atomic E-state index is 0.397. The maximum absolute atomic E-state index is 5.83. The van der Waals surface area contributed by atoms with E-state index in [1.54, 1.807) is 0 Å². The third kappa shape index (κ3) is 10.2. The molecule has 0 aromatic rings. The number of nitrogens with one attached hydrogen (secondary N) is 1. The second-order valence-electron chi connectivity index (χ2n) is 4.52. The summed E-state index contributed by atoms with van der Waals surface area (Å²) in [5.41, 5.74) is 0. The van der Waals surface area contributed by atoms with E-state index >= 15 is 0 Å². The van der Waals surface area contributed by atoms with Gasteiger partial charge in [0.05, 0.1) is 6.10 Å². The van der Waals surface area contributed by atoms with Crippen LogP contribution in [0.15, 0.2) is 0 Å². The topological polar surface area (TPSA) is 21.3 Å². The zero-order valence-electron chi connectivity index (χ0n) is 11.0. The zero-order valence-corrected chi connectivity index (χ0v) is 11.0. The van der Waals surface area contributed by atoms with Crippen LogP contribution in [0.1, 0.15) is 59.8 Å². The van der Waals surface area contributed by atoms with Crippen LogP contribution in [-0.4, -0.2) is 25.3 Å². The summed E-state index contributed by atoms with van der Waals surface area (Å²) < 4.78 is 5.83. The fourth-order valence-corrected chi connectivity index (χ4v) is 1.47. The normalized spacial score (nSPS) is 13.4. The van der Waals surface area contributed by atoms with Gasteiger partial charge in [0.25, 0.3) is 0 Å². The van der Waals surface area contributed by atoms with Crippen molar-refractivity contribution in [3.8, 4) is 0 Å². The van der Waals surface area contributed by atoms with Gasteiger partial charge in [0.2, 0.25) is 0 Å². The Morgan fingerprint density at radius 1 is 1.07 bits per heavy atom. The van der Waals surface area contributed by atoms with Gasteiger partial charge in [0.15, 0.2) is 0 Å². The molecule has 0 bridgehead atoms. The number of hydrogen-bond donors (Lipinski definition) is 1. The van der Waals surface area contributed by atoms with Gasteiger partial charge in [0, 0.05) is 19.2 Å². The molecule has 1 N–H and O–H groups in total. The van der Waals surface area contributed by atoms with Gasteiger partial charge < -0.3 is 10.1 Å². The molecule has 0 aromatic carbocycles. The van der Waals surface area contributed by atoms with Crippen molar-refractivity contribution in [1.82, 2.24) is 5.32 Å². The average molecular weight is 215 g/mol. The molecular formula is C13H29NO. The van der Waals surface area contributed by atoms with E-state index in [0.29, 0.717) is 12.1 Å². The molecular weight excluding hydrogens is 186 g/mol. The number of hydrogen-bond acceptors (Lipinski definition) is 2. The first-order valence-corrected chi connectivity index (χ1v) is 6.55. The Morgan fingerprint density at radius 3 is 2.33 bits per heavy atom. The number of unbranched alkanes of at least 4 members (excludes halogenated alkanes) is 3. The number of ether oxygens (including phenoxy) is 1. The molecule has 0 spiro atoms. The Labute approximate surface area is 95.8 Å². The van der Waals surface area contributed by atoms with Crippen LogP contribution < -0.4 is 5.32 Å². The Balaban J connectivity index is 3.36. The summed E-state index contributed by atoms with van der Waals surface area (Å²) in [6.45, 7) is 10.7. The molecule has 2 nitrogen and oxygen atoms in total. The van der Waals surface area contributed by atoms with Crippen molar-refractivity contribution in [3.05, 3.63) is 0 Å². The fourth-order valence-electron chi connectivity index (χ4n) is 1.47. The van der Waals surface area contributed by atoms with E-state index in [0.717, 1.165) is 19.6 Å². The molecule has 0 heterocycles. The fraction of sp³-hybridized carbons (Fsp3) is 1.00. The van der Waals surface area contributed by atoms with Gasteiger partial charge in [-0.2, -0.15) is 0 Å². The molecule has 0 saturated heterocycles. The van der Waals surface area contributed by atoms with Crippen molar-refractivity contribution in [1.29, 1.82) is 0 Å².